The molecule has 8 heteroatoms. The van der Waals surface area contributed by atoms with Gasteiger partial charge in [-0.2, -0.15) is 0 Å². The summed E-state index contributed by atoms with van der Waals surface area (Å²) in [7, 11) is 0. The van der Waals surface area contributed by atoms with Gasteiger partial charge in [0.25, 0.3) is 0 Å². The lowest BCUT2D eigenvalue weighted by Crippen LogP contribution is -2.60. The van der Waals surface area contributed by atoms with Gasteiger partial charge in [0.05, 0.1) is 37.6 Å². The van der Waals surface area contributed by atoms with Crippen molar-refractivity contribution < 1.29 is 28.9 Å². The van der Waals surface area contributed by atoms with Gasteiger partial charge in [0.1, 0.15) is 0 Å². The van der Waals surface area contributed by atoms with Gasteiger partial charge in [-0.15, -0.1) is 0 Å². The number of aliphatic hydroxyl groups is 1. The van der Waals surface area contributed by atoms with Crippen LogP contribution in [0.1, 0.15) is 118 Å². The Morgan fingerprint density at radius 2 is 1.74 bits per heavy atom. The van der Waals surface area contributed by atoms with Crippen molar-refractivity contribution in [3.05, 3.63) is 0 Å². The van der Waals surface area contributed by atoms with Crippen LogP contribution in [0.15, 0.2) is 0 Å². The Morgan fingerprint density at radius 1 is 1.00 bits per heavy atom. The molecule has 8 rings (SSSR count). The summed E-state index contributed by atoms with van der Waals surface area (Å²) in [5, 5.41) is 12.4. The summed E-state index contributed by atoms with van der Waals surface area (Å²) < 4.78 is 19.7. The van der Waals surface area contributed by atoms with Gasteiger partial charge in [-0.1, -0.05) is 34.6 Å². The standard InChI is InChI=1S/C38H60N2O6/c1-22-18-24(8-11-28(39)41)45-32-31(22)35(4)14-15-38-21-37(38)13-12-27(34(2,3)25(37)9-10-26(38)36(35,5)33(32)43)46-30-20-40(16-17-44-30)29(42)19-23-6-7-23/h22-27,30-33,43H,6-21H2,1-5H3,(H2,39,41)/t22-,24+,25+,26+,27+,30?,31?,32+,33+,35-,36-,37-,38+/m1/s1. The second-order valence-electron chi connectivity index (χ2n) is 18.6. The molecule has 3 N–H and O–H groups in total. The lowest BCUT2D eigenvalue weighted by molar-refractivity contribution is -0.248. The molecule has 8 fully saturated rings. The third kappa shape index (κ3) is 4.37. The van der Waals surface area contributed by atoms with Crippen molar-refractivity contribution in [1.29, 1.82) is 0 Å². The fraction of sp³-hybridized carbons (Fsp3) is 0.947. The monoisotopic (exact) mass is 640 g/mol. The highest BCUT2D eigenvalue weighted by molar-refractivity contribution is 5.76. The number of ether oxygens (including phenoxy) is 3. The van der Waals surface area contributed by atoms with Crippen LogP contribution >= 0.6 is 0 Å². The summed E-state index contributed by atoms with van der Waals surface area (Å²) in [5.74, 6) is 2.47. The summed E-state index contributed by atoms with van der Waals surface area (Å²) in [5.41, 5.74) is 5.98. The highest BCUT2D eigenvalue weighted by atomic mass is 16.7. The molecule has 13 atom stereocenters. The molecule has 6 aliphatic carbocycles. The second-order valence-corrected chi connectivity index (χ2v) is 18.6. The third-order valence-corrected chi connectivity index (χ3v) is 16.4. The van der Waals surface area contributed by atoms with Gasteiger partial charge in [0.15, 0.2) is 6.29 Å². The van der Waals surface area contributed by atoms with Gasteiger partial charge >= 0.3 is 0 Å². The molecule has 8 nitrogen and oxygen atoms in total. The first-order chi connectivity index (χ1) is 21.8. The molecule has 2 unspecified atom stereocenters. The lowest BCUT2D eigenvalue weighted by Gasteiger charge is -2.64. The maximum Gasteiger partial charge on any atom is 0.223 e. The third-order valence-electron chi connectivity index (χ3n) is 16.4. The Bertz CT molecular complexity index is 1250. The summed E-state index contributed by atoms with van der Waals surface area (Å²) in [6.07, 6.45) is 12.4. The van der Waals surface area contributed by atoms with E-state index in [-0.39, 0.29) is 52.7 Å². The minimum atomic E-state index is -0.487. The van der Waals surface area contributed by atoms with E-state index in [4.69, 9.17) is 19.9 Å². The Kier molecular flexibility index (Phi) is 7.40. The first-order valence-corrected chi connectivity index (χ1v) is 18.9. The largest absolute Gasteiger partial charge is 0.390 e. The molecule has 6 saturated carbocycles. The van der Waals surface area contributed by atoms with Gasteiger partial charge in [0.2, 0.25) is 11.8 Å². The fourth-order valence-electron chi connectivity index (χ4n) is 13.9. The number of carbonyl (C=O) groups excluding carboxylic acids is 2. The molecule has 8 aliphatic rings. The van der Waals surface area contributed by atoms with E-state index in [2.05, 4.69) is 34.6 Å². The lowest BCUT2D eigenvalue weighted by atomic mass is 9.41. The zero-order chi connectivity index (χ0) is 32.4. The molecule has 0 aromatic heterocycles. The van der Waals surface area contributed by atoms with Gasteiger partial charge in [-0.05, 0) is 122 Å². The maximum atomic E-state index is 12.9. The number of rotatable bonds is 7. The predicted molar refractivity (Wildman–Crippen MR) is 173 cm³/mol. The molecule has 2 heterocycles. The number of hydrogen-bond acceptors (Lipinski definition) is 6. The van der Waals surface area contributed by atoms with Gasteiger partial charge in [0, 0.05) is 24.8 Å². The molecule has 46 heavy (non-hydrogen) atoms. The van der Waals surface area contributed by atoms with Crippen molar-refractivity contribution >= 4 is 11.8 Å². The van der Waals surface area contributed by atoms with Crippen LogP contribution in [0.4, 0.5) is 0 Å². The zero-order valence-corrected chi connectivity index (χ0v) is 29.1. The Balaban J connectivity index is 0.995. The Labute approximate surface area is 276 Å². The van der Waals surface area contributed by atoms with Gasteiger partial charge in [-0.25, -0.2) is 0 Å². The molecule has 2 aliphatic heterocycles. The van der Waals surface area contributed by atoms with E-state index in [1.807, 2.05) is 4.90 Å². The van der Waals surface area contributed by atoms with Crippen LogP contribution < -0.4 is 5.73 Å². The van der Waals surface area contributed by atoms with Crippen molar-refractivity contribution in [2.75, 3.05) is 19.7 Å². The van der Waals surface area contributed by atoms with E-state index in [0.717, 1.165) is 25.7 Å². The number of nitrogens with two attached hydrogens (primary N) is 1. The number of hydrogen-bond donors (Lipinski definition) is 2. The number of carbonyl (C=O) groups is 2. The Morgan fingerprint density at radius 3 is 2.48 bits per heavy atom. The van der Waals surface area contributed by atoms with Crippen molar-refractivity contribution in [3.63, 3.8) is 0 Å². The first kappa shape index (κ1) is 32.0. The number of amides is 2. The summed E-state index contributed by atoms with van der Waals surface area (Å²) in [4.78, 5) is 26.4. The quantitative estimate of drug-likeness (QED) is 0.384. The molecular formula is C38H60N2O6. The van der Waals surface area contributed by atoms with Crippen LogP contribution in [-0.4, -0.2) is 72.2 Å². The maximum absolute atomic E-state index is 12.9. The Hall–Kier alpha value is -1.22. The normalized spacial score (nSPS) is 52.0. The van der Waals surface area contributed by atoms with E-state index in [9.17, 15) is 14.7 Å². The van der Waals surface area contributed by atoms with Crippen LogP contribution in [0.2, 0.25) is 0 Å². The van der Waals surface area contributed by atoms with Crippen molar-refractivity contribution in [2.45, 2.75) is 149 Å². The fourth-order valence-corrected chi connectivity index (χ4v) is 13.9. The van der Waals surface area contributed by atoms with Gasteiger partial charge < -0.3 is 30.0 Å². The van der Waals surface area contributed by atoms with E-state index >= 15 is 0 Å². The van der Waals surface area contributed by atoms with Crippen molar-refractivity contribution in [2.24, 2.45) is 62.4 Å². The van der Waals surface area contributed by atoms with Crippen LogP contribution in [0.5, 0.6) is 0 Å². The van der Waals surface area contributed by atoms with Crippen LogP contribution in [0, 0.1) is 56.7 Å². The minimum absolute atomic E-state index is 0.00432. The second kappa shape index (κ2) is 10.6. The highest BCUT2D eigenvalue weighted by Crippen LogP contribution is 2.89. The average Bonchev–Trinajstić information content (AvgIpc) is 3.93. The van der Waals surface area contributed by atoms with Gasteiger partial charge in [-0.3, -0.25) is 9.59 Å². The first-order valence-electron chi connectivity index (χ1n) is 18.9. The topological polar surface area (TPSA) is 111 Å². The van der Waals surface area contributed by atoms with E-state index in [0.29, 0.717) is 79.4 Å². The smallest absolute Gasteiger partial charge is 0.223 e. The molecule has 0 aromatic carbocycles. The summed E-state index contributed by atoms with van der Waals surface area (Å²) in [6.45, 7) is 14.0. The van der Waals surface area contributed by atoms with Crippen molar-refractivity contribution in [3.8, 4) is 0 Å². The van der Waals surface area contributed by atoms with E-state index in [1.165, 1.54) is 38.5 Å². The number of fused-ring (bicyclic) bond motifs is 4. The number of morpholine rings is 1. The molecule has 0 aromatic rings. The predicted octanol–water partition coefficient (Wildman–Crippen LogP) is 5.44. The van der Waals surface area contributed by atoms with Crippen molar-refractivity contribution in [1.82, 2.24) is 4.90 Å². The molecular weight excluding hydrogens is 580 g/mol. The summed E-state index contributed by atoms with van der Waals surface area (Å²) >= 11 is 0. The average molecular weight is 641 g/mol. The van der Waals surface area contributed by atoms with Crippen LogP contribution in [0.3, 0.4) is 0 Å². The van der Waals surface area contributed by atoms with E-state index in [1.54, 1.807) is 0 Å². The highest BCUT2D eigenvalue weighted by Gasteiger charge is 2.84. The molecule has 2 amide bonds. The molecule has 2 spiro atoms. The van der Waals surface area contributed by atoms with Crippen LogP contribution in [0.25, 0.3) is 0 Å². The van der Waals surface area contributed by atoms with E-state index < -0.39 is 6.10 Å². The SMILES string of the molecule is C[C@@H]1C[C@H](CCC(N)=O)O[C@H]2C1[C@@]1(C)CC[C@@]34C[C@@]35CC[C@H](OC3CN(C(=O)CC6CC6)CCO3)C(C)(C)[C@@H]5CC[C@H]4[C@]1(C)[C@H]2O. The summed E-state index contributed by atoms with van der Waals surface area (Å²) in [6, 6.07) is 0. The number of aliphatic hydroxyl groups excluding tert-OH is 1. The number of nitrogens with zero attached hydrogens (tertiary/aromatic N) is 1. The molecule has 0 bridgehead atoms. The molecule has 0 radical (unpaired) electrons. The van der Waals surface area contributed by atoms with Crippen LogP contribution in [-0.2, 0) is 23.8 Å². The minimum Gasteiger partial charge on any atom is -0.390 e. The molecule has 2 saturated heterocycles. The zero-order valence-electron chi connectivity index (χ0n) is 29.1. The molecule has 258 valence electrons. The number of primary amides is 1.